The van der Waals surface area contributed by atoms with Crippen molar-refractivity contribution in [2.75, 3.05) is 7.11 Å². The van der Waals surface area contributed by atoms with Crippen LogP contribution in [0.3, 0.4) is 0 Å². The standard InChI is InChI=1S/C15H14O6/c1-3-7-11-15(21-13(7)17)5-4-8-9(12(16)18-2)6-19-14(20-11)10(8)15/h3-6,8,10-11,14H,1-2H3/b7-3-/t8-,10+,11+,14+,15-/m0/s1. The first-order valence-corrected chi connectivity index (χ1v) is 6.80. The smallest absolute Gasteiger partial charge is 0.337 e. The fourth-order valence-electron chi connectivity index (χ4n) is 3.74. The Hall–Kier alpha value is -2.08. The Morgan fingerprint density at radius 3 is 3.00 bits per heavy atom. The van der Waals surface area contributed by atoms with Gasteiger partial charge >= 0.3 is 11.9 Å². The summed E-state index contributed by atoms with van der Waals surface area (Å²) in [7, 11) is 1.32. The third-order valence-corrected chi connectivity index (χ3v) is 4.65. The van der Waals surface area contributed by atoms with E-state index < -0.39 is 24.0 Å². The Kier molecular flexibility index (Phi) is 2.39. The zero-order valence-corrected chi connectivity index (χ0v) is 11.6. The summed E-state index contributed by atoms with van der Waals surface area (Å²) in [5.74, 6) is -1.31. The predicted molar refractivity (Wildman–Crippen MR) is 68.5 cm³/mol. The van der Waals surface area contributed by atoms with Crippen LogP contribution >= 0.6 is 0 Å². The molecule has 110 valence electrons. The molecule has 3 aliphatic heterocycles. The van der Waals surface area contributed by atoms with Crippen LogP contribution < -0.4 is 0 Å². The second kappa shape index (κ2) is 3.98. The van der Waals surface area contributed by atoms with Gasteiger partial charge in [0, 0.05) is 5.92 Å². The van der Waals surface area contributed by atoms with Crippen LogP contribution in [0.4, 0.5) is 0 Å². The van der Waals surface area contributed by atoms with Crippen LogP contribution in [0.25, 0.3) is 0 Å². The topological polar surface area (TPSA) is 71.1 Å². The van der Waals surface area contributed by atoms with E-state index in [2.05, 4.69) is 0 Å². The third kappa shape index (κ3) is 1.35. The molecular weight excluding hydrogens is 276 g/mol. The minimum atomic E-state index is -0.873. The molecule has 2 fully saturated rings. The van der Waals surface area contributed by atoms with Crippen molar-refractivity contribution in [2.45, 2.75) is 24.9 Å². The van der Waals surface area contributed by atoms with Gasteiger partial charge in [0.2, 0.25) is 6.29 Å². The van der Waals surface area contributed by atoms with E-state index in [1.807, 2.05) is 12.2 Å². The summed E-state index contributed by atoms with van der Waals surface area (Å²) in [5.41, 5.74) is 0.0425. The van der Waals surface area contributed by atoms with Gasteiger partial charge in [0.25, 0.3) is 0 Å². The van der Waals surface area contributed by atoms with Gasteiger partial charge in [0.05, 0.1) is 30.4 Å². The van der Waals surface area contributed by atoms with Crippen molar-refractivity contribution in [2.24, 2.45) is 11.8 Å². The fraction of sp³-hybridized carbons (Fsp3) is 0.467. The van der Waals surface area contributed by atoms with Gasteiger partial charge in [-0.05, 0) is 13.0 Å². The predicted octanol–water partition coefficient (Wildman–Crippen LogP) is 0.842. The molecule has 0 aromatic rings. The maximum atomic E-state index is 12.0. The molecule has 1 aliphatic carbocycles. The van der Waals surface area contributed by atoms with Gasteiger partial charge in [-0.1, -0.05) is 12.2 Å². The largest absolute Gasteiger partial charge is 0.471 e. The maximum absolute atomic E-state index is 12.0. The average molecular weight is 290 g/mol. The molecule has 21 heavy (non-hydrogen) atoms. The second-order valence-electron chi connectivity index (χ2n) is 5.48. The first-order valence-electron chi connectivity index (χ1n) is 6.80. The first kappa shape index (κ1) is 12.6. The molecular formula is C15H14O6. The molecule has 4 rings (SSSR count). The SMILES string of the molecule is C/C=C1\C(=O)O[C@]23C=C[C@H]4C(C(=O)OC)=CO[C@H](O[C@H]12)[C@@H]43. The van der Waals surface area contributed by atoms with Crippen molar-refractivity contribution in [1.29, 1.82) is 0 Å². The van der Waals surface area contributed by atoms with E-state index in [0.29, 0.717) is 11.1 Å². The summed E-state index contributed by atoms with van der Waals surface area (Å²) in [4.78, 5) is 23.8. The second-order valence-corrected chi connectivity index (χ2v) is 5.48. The van der Waals surface area contributed by atoms with Crippen molar-refractivity contribution >= 4 is 11.9 Å². The number of allylic oxidation sites excluding steroid dienone is 2. The summed E-state index contributed by atoms with van der Waals surface area (Å²) >= 11 is 0. The molecule has 3 heterocycles. The fourth-order valence-corrected chi connectivity index (χ4v) is 3.74. The lowest BCUT2D eigenvalue weighted by atomic mass is 9.78. The van der Waals surface area contributed by atoms with E-state index in [1.54, 1.807) is 13.0 Å². The molecule has 0 N–H and O–H groups in total. The lowest BCUT2D eigenvalue weighted by Gasteiger charge is -2.32. The number of methoxy groups -OCH3 is 1. The Bertz CT molecular complexity index is 630. The summed E-state index contributed by atoms with van der Waals surface area (Å²) in [6.07, 6.45) is 5.77. The van der Waals surface area contributed by atoms with Crippen LogP contribution in [-0.2, 0) is 28.5 Å². The molecule has 1 spiro atoms. The number of ether oxygens (including phenoxy) is 4. The van der Waals surface area contributed by atoms with E-state index in [1.165, 1.54) is 13.4 Å². The van der Waals surface area contributed by atoms with Crippen molar-refractivity contribution in [1.82, 2.24) is 0 Å². The van der Waals surface area contributed by atoms with Crippen LogP contribution in [0.5, 0.6) is 0 Å². The lowest BCUT2D eigenvalue weighted by molar-refractivity contribution is -0.152. The monoisotopic (exact) mass is 290 g/mol. The molecule has 0 unspecified atom stereocenters. The summed E-state index contributed by atoms with van der Waals surface area (Å²) in [5, 5.41) is 0. The molecule has 0 aromatic carbocycles. The molecule has 0 amide bonds. The van der Waals surface area contributed by atoms with Gasteiger partial charge in [-0.15, -0.1) is 0 Å². The lowest BCUT2D eigenvalue weighted by Crippen LogP contribution is -2.43. The molecule has 5 atom stereocenters. The Morgan fingerprint density at radius 2 is 2.29 bits per heavy atom. The first-order chi connectivity index (χ1) is 10.1. The molecule has 0 aromatic heterocycles. The van der Waals surface area contributed by atoms with Gasteiger partial charge in [0.1, 0.15) is 6.10 Å². The van der Waals surface area contributed by atoms with Gasteiger partial charge in [-0.2, -0.15) is 0 Å². The van der Waals surface area contributed by atoms with Crippen molar-refractivity contribution in [3.8, 4) is 0 Å². The molecule has 2 saturated heterocycles. The van der Waals surface area contributed by atoms with Crippen LogP contribution in [0.2, 0.25) is 0 Å². The summed E-state index contributed by atoms with van der Waals surface area (Å²) in [6.45, 7) is 1.77. The van der Waals surface area contributed by atoms with Crippen LogP contribution in [-0.4, -0.2) is 37.0 Å². The zero-order valence-electron chi connectivity index (χ0n) is 11.6. The van der Waals surface area contributed by atoms with Crippen molar-refractivity contribution in [3.63, 3.8) is 0 Å². The average Bonchev–Trinajstić information content (AvgIpc) is 3.08. The summed E-state index contributed by atoms with van der Waals surface area (Å²) < 4.78 is 21.8. The minimum Gasteiger partial charge on any atom is -0.471 e. The quantitative estimate of drug-likeness (QED) is 0.405. The van der Waals surface area contributed by atoms with Crippen LogP contribution in [0, 0.1) is 11.8 Å². The molecule has 0 radical (unpaired) electrons. The number of carbonyl (C=O) groups is 2. The van der Waals surface area contributed by atoms with E-state index in [0.717, 1.165) is 0 Å². The number of esters is 2. The minimum absolute atomic E-state index is 0.231. The summed E-state index contributed by atoms with van der Waals surface area (Å²) in [6, 6.07) is 0. The Morgan fingerprint density at radius 1 is 1.48 bits per heavy atom. The van der Waals surface area contributed by atoms with E-state index in [-0.39, 0.29) is 17.8 Å². The van der Waals surface area contributed by atoms with Gasteiger partial charge in [-0.3, -0.25) is 0 Å². The van der Waals surface area contributed by atoms with Crippen LogP contribution in [0.15, 0.2) is 35.6 Å². The molecule has 4 aliphatic rings. The highest BCUT2D eigenvalue weighted by molar-refractivity contribution is 5.94. The van der Waals surface area contributed by atoms with E-state index >= 15 is 0 Å². The number of hydrogen-bond acceptors (Lipinski definition) is 6. The van der Waals surface area contributed by atoms with Crippen molar-refractivity contribution < 1.29 is 28.5 Å². The Balaban J connectivity index is 1.78. The van der Waals surface area contributed by atoms with Gasteiger partial charge in [-0.25, -0.2) is 9.59 Å². The molecule has 6 heteroatoms. The van der Waals surface area contributed by atoms with Crippen molar-refractivity contribution in [3.05, 3.63) is 35.6 Å². The number of rotatable bonds is 1. The Labute approximate surface area is 121 Å². The molecule has 0 saturated carbocycles. The number of carbonyl (C=O) groups excluding carboxylic acids is 2. The van der Waals surface area contributed by atoms with Crippen LogP contribution in [0.1, 0.15) is 6.92 Å². The highest BCUT2D eigenvalue weighted by atomic mass is 16.7. The molecule has 6 nitrogen and oxygen atoms in total. The normalized spacial score (nSPS) is 44.0. The highest BCUT2D eigenvalue weighted by Gasteiger charge is 2.70. The van der Waals surface area contributed by atoms with E-state index in [9.17, 15) is 9.59 Å². The highest BCUT2D eigenvalue weighted by Crippen LogP contribution is 2.57. The maximum Gasteiger partial charge on any atom is 0.337 e. The zero-order chi connectivity index (χ0) is 14.8. The third-order valence-electron chi connectivity index (χ3n) is 4.65. The van der Waals surface area contributed by atoms with Gasteiger partial charge < -0.3 is 18.9 Å². The number of hydrogen-bond donors (Lipinski definition) is 0. The molecule has 0 bridgehead atoms. The van der Waals surface area contributed by atoms with E-state index in [4.69, 9.17) is 18.9 Å². The van der Waals surface area contributed by atoms with Gasteiger partial charge in [0.15, 0.2) is 5.60 Å².